The van der Waals surface area contributed by atoms with Gasteiger partial charge in [-0.3, -0.25) is 14.6 Å². The maximum Gasteiger partial charge on any atom is 0.331 e. The highest BCUT2D eigenvalue weighted by atomic mass is 16.8. The average Bonchev–Trinajstić information content (AvgIpc) is 3.34. The van der Waals surface area contributed by atoms with E-state index in [9.17, 15) is 9.59 Å². The van der Waals surface area contributed by atoms with Crippen molar-refractivity contribution in [3.63, 3.8) is 0 Å². The van der Waals surface area contributed by atoms with Crippen molar-refractivity contribution in [2.24, 2.45) is 5.92 Å². The Morgan fingerprint density at radius 3 is 2.64 bits per heavy atom. The number of fused-ring (bicyclic) bond motifs is 9. The molecule has 4 heterocycles. The maximum absolute atomic E-state index is 13.5. The third kappa shape index (κ3) is 2.26. The third-order valence-electron chi connectivity index (χ3n) is 6.27. The Hall–Kier alpha value is -2.00. The van der Waals surface area contributed by atoms with Gasteiger partial charge >= 0.3 is 6.03 Å². The van der Waals surface area contributed by atoms with Gasteiger partial charge in [-0.2, -0.15) is 0 Å². The quantitative estimate of drug-likeness (QED) is 0.729. The Balaban J connectivity index is 1.35. The molecule has 3 amide bonds. The van der Waals surface area contributed by atoms with Gasteiger partial charge in [0.1, 0.15) is 24.5 Å². The maximum atomic E-state index is 13.5. The second kappa shape index (κ2) is 5.54. The van der Waals surface area contributed by atoms with Crippen LogP contribution in [0.3, 0.4) is 0 Å². The average molecular weight is 386 g/mol. The topological polar surface area (TPSA) is 77.5 Å². The van der Waals surface area contributed by atoms with Crippen LogP contribution in [0.1, 0.15) is 30.6 Å². The number of hydrogen-bond acceptors (Lipinski definition) is 6. The molecule has 4 saturated heterocycles. The van der Waals surface area contributed by atoms with Crippen LogP contribution in [0.5, 0.6) is 0 Å². The van der Waals surface area contributed by atoms with E-state index < -0.39 is 12.0 Å². The molecule has 0 radical (unpaired) electrons. The van der Waals surface area contributed by atoms with E-state index in [1.165, 1.54) is 4.90 Å². The number of amides is 3. The van der Waals surface area contributed by atoms with E-state index in [0.717, 1.165) is 6.42 Å². The molecular weight excluding hydrogens is 364 g/mol. The first kappa shape index (κ1) is 16.9. The molecule has 0 unspecified atom stereocenters. The van der Waals surface area contributed by atoms with Gasteiger partial charge in [-0.15, -0.1) is 0 Å². The van der Waals surface area contributed by atoms with Crippen LogP contribution in [0.15, 0.2) is 30.3 Å². The monoisotopic (exact) mass is 386 g/mol. The van der Waals surface area contributed by atoms with Crippen molar-refractivity contribution in [1.82, 2.24) is 9.80 Å². The zero-order chi connectivity index (χ0) is 19.2. The lowest BCUT2D eigenvalue weighted by Crippen LogP contribution is -2.63. The van der Waals surface area contributed by atoms with Crippen molar-refractivity contribution < 1.29 is 28.5 Å². The molecule has 0 aromatic heterocycles. The second-order valence-electron chi connectivity index (χ2n) is 8.55. The van der Waals surface area contributed by atoms with Crippen LogP contribution >= 0.6 is 0 Å². The van der Waals surface area contributed by atoms with E-state index in [2.05, 4.69) is 0 Å². The Kier molecular flexibility index (Phi) is 3.34. The van der Waals surface area contributed by atoms with Gasteiger partial charge in [0.25, 0.3) is 5.91 Å². The molecule has 0 N–H and O–H groups in total. The molecule has 5 fully saturated rings. The van der Waals surface area contributed by atoms with Crippen LogP contribution in [-0.4, -0.2) is 70.9 Å². The van der Waals surface area contributed by atoms with Gasteiger partial charge in [0, 0.05) is 17.5 Å². The van der Waals surface area contributed by atoms with E-state index >= 15 is 0 Å². The summed E-state index contributed by atoms with van der Waals surface area (Å²) in [5, 5.41) is 0. The van der Waals surface area contributed by atoms with Crippen molar-refractivity contribution in [3.8, 4) is 0 Å². The number of hydrogen-bond donors (Lipinski definition) is 0. The van der Waals surface area contributed by atoms with Gasteiger partial charge in [-0.25, -0.2) is 4.79 Å². The van der Waals surface area contributed by atoms with E-state index in [1.807, 2.05) is 19.9 Å². The fraction of sp³-hybridized carbons (Fsp3) is 0.600. The van der Waals surface area contributed by atoms with E-state index in [-0.39, 0.29) is 48.4 Å². The van der Waals surface area contributed by atoms with Crippen LogP contribution in [0.4, 0.5) is 4.79 Å². The highest BCUT2D eigenvalue weighted by Gasteiger charge is 2.67. The minimum atomic E-state index is -0.740. The Morgan fingerprint density at radius 1 is 1.11 bits per heavy atom. The van der Waals surface area contributed by atoms with E-state index in [1.54, 1.807) is 29.2 Å². The SMILES string of the molecule is CC1(C)O[C@@H]2[C@H](O1)[C@H]1CO[C@H]3[C@@H]4C[C@@H]4N(C(=O)c4ccccc4)C(=O)N3[C@@H]2O1. The first-order valence-electron chi connectivity index (χ1n) is 9.78. The molecule has 1 aromatic carbocycles. The van der Waals surface area contributed by atoms with Crippen LogP contribution in [0.25, 0.3) is 0 Å². The Labute approximate surface area is 162 Å². The van der Waals surface area contributed by atoms with Gasteiger partial charge in [0.05, 0.1) is 6.61 Å². The van der Waals surface area contributed by atoms with Gasteiger partial charge in [0.15, 0.2) is 12.0 Å². The molecule has 1 aliphatic carbocycles. The second-order valence-corrected chi connectivity index (χ2v) is 8.55. The molecule has 4 aliphatic heterocycles. The fourth-order valence-corrected chi connectivity index (χ4v) is 5.01. The number of carbonyl (C=O) groups is 2. The minimum absolute atomic E-state index is 0.0992. The number of carbonyl (C=O) groups excluding carboxylic acids is 2. The summed E-state index contributed by atoms with van der Waals surface area (Å²) in [4.78, 5) is 29.5. The molecule has 2 bridgehead atoms. The zero-order valence-corrected chi connectivity index (χ0v) is 15.7. The molecule has 5 aliphatic rings. The van der Waals surface area contributed by atoms with Crippen molar-refractivity contribution in [2.45, 2.75) is 62.9 Å². The molecule has 28 heavy (non-hydrogen) atoms. The number of ether oxygens (including phenoxy) is 4. The lowest BCUT2D eigenvalue weighted by atomic mass is 10.1. The molecule has 7 atom stereocenters. The summed E-state index contributed by atoms with van der Waals surface area (Å²) >= 11 is 0. The highest BCUT2D eigenvalue weighted by molar-refractivity contribution is 6.05. The van der Waals surface area contributed by atoms with Gasteiger partial charge in [0.2, 0.25) is 0 Å². The Morgan fingerprint density at radius 2 is 1.86 bits per heavy atom. The minimum Gasteiger partial charge on any atom is -0.355 e. The molecule has 6 rings (SSSR count). The molecule has 8 nitrogen and oxygen atoms in total. The smallest absolute Gasteiger partial charge is 0.331 e. The summed E-state index contributed by atoms with van der Waals surface area (Å²) in [5.74, 6) is -0.923. The lowest BCUT2D eigenvalue weighted by molar-refractivity contribution is -0.200. The number of rotatable bonds is 1. The van der Waals surface area contributed by atoms with Crippen molar-refractivity contribution in [3.05, 3.63) is 35.9 Å². The van der Waals surface area contributed by atoms with Crippen LogP contribution in [0.2, 0.25) is 0 Å². The number of benzene rings is 1. The highest BCUT2D eigenvalue weighted by Crippen LogP contribution is 2.51. The molecule has 0 spiro atoms. The van der Waals surface area contributed by atoms with Crippen molar-refractivity contribution in [1.29, 1.82) is 0 Å². The van der Waals surface area contributed by atoms with Gasteiger partial charge in [-0.05, 0) is 32.4 Å². The summed E-state index contributed by atoms with van der Waals surface area (Å²) in [7, 11) is 0. The number of nitrogens with zero attached hydrogens (tertiary/aromatic N) is 2. The summed E-state index contributed by atoms with van der Waals surface area (Å²) in [6.45, 7) is 4.06. The van der Waals surface area contributed by atoms with Gasteiger partial charge in [-0.1, -0.05) is 18.2 Å². The largest absolute Gasteiger partial charge is 0.355 e. The predicted molar refractivity (Wildman–Crippen MR) is 94.0 cm³/mol. The molecule has 8 heteroatoms. The third-order valence-corrected chi connectivity index (χ3v) is 6.27. The molecule has 1 saturated carbocycles. The molecular formula is C20H22N2O6. The summed E-state index contributed by atoms with van der Waals surface area (Å²) < 4.78 is 24.3. The summed E-state index contributed by atoms with van der Waals surface area (Å²) in [6, 6.07) is 8.40. The molecule has 148 valence electrons. The zero-order valence-electron chi connectivity index (χ0n) is 15.7. The van der Waals surface area contributed by atoms with E-state index in [4.69, 9.17) is 18.9 Å². The lowest BCUT2D eigenvalue weighted by Gasteiger charge is -2.42. The predicted octanol–water partition coefficient (Wildman–Crippen LogP) is 1.55. The van der Waals surface area contributed by atoms with Crippen molar-refractivity contribution in [2.75, 3.05) is 6.61 Å². The first-order valence-corrected chi connectivity index (χ1v) is 9.78. The van der Waals surface area contributed by atoms with Crippen LogP contribution in [-0.2, 0) is 18.9 Å². The van der Waals surface area contributed by atoms with Crippen LogP contribution < -0.4 is 0 Å². The van der Waals surface area contributed by atoms with Crippen LogP contribution in [0, 0.1) is 5.92 Å². The van der Waals surface area contributed by atoms with Crippen molar-refractivity contribution >= 4 is 11.9 Å². The summed E-state index contributed by atoms with van der Waals surface area (Å²) in [5.41, 5.74) is 0.500. The fourth-order valence-electron chi connectivity index (χ4n) is 5.01. The number of urea groups is 1. The Bertz CT molecular complexity index is 844. The van der Waals surface area contributed by atoms with Gasteiger partial charge < -0.3 is 18.9 Å². The summed E-state index contributed by atoms with van der Waals surface area (Å²) in [6.07, 6.45) is -1.22. The van der Waals surface area contributed by atoms with E-state index in [0.29, 0.717) is 12.2 Å². The normalized spacial score (nSPS) is 42.5. The first-order chi connectivity index (χ1) is 13.4. The standard InChI is InChI=1S/C20H22N2O6/c1-20(2)27-14-13-9-25-17-11-8-12(11)21(16(23)10-6-4-3-5-7-10)19(24)22(17)18(26-13)15(14)28-20/h3-7,11-15,17-18H,8-9H2,1-2H3/t11-,12+,13-,14-,15-,17+,18-/m1/s1. The molecule has 1 aromatic rings. The number of imide groups is 1.